The van der Waals surface area contributed by atoms with E-state index in [-0.39, 0.29) is 37.3 Å². The monoisotopic (exact) mass is 586 g/mol. The first-order chi connectivity index (χ1) is 17.1. The normalized spacial score (nSPS) is 20.7. The van der Waals surface area contributed by atoms with Crippen LogP contribution in [0.15, 0.2) is 24.3 Å². The van der Waals surface area contributed by atoms with Gasteiger partial charge in [-0.15, -0.1) is 23.7 Å². The number of nitrogens with one attached hydrogen (secondary N) is 3. The molecule has 200 valence electrons. The molecule has 1 saturated heterocycles. The topological polar surface area (TPSA) is 128 Å². The zero-order valence-electron chi connectivity index (χ0n) is 20.3. The number of hydrogen-bond donors (Lipinski definition) is 3. The van der Waals surface area contributed by atoms with Gasteiger partial charge in [-0.05, 0) is 37.7 Å². The van der Waals surface area contributed by atoms with Crippen LogP contribution in [-0.4, -0.2) is 84.4 Å². The Morgan fingerprint density at radius 1 is 1.16 bits per heavy atom. The highest BCUT2D eigenvalue weighted by Crippen LogP contribution is 2.25. The SMILES string of the molecule is CN1CCc2nc(C(=O)N[C@@H]3CN(S(C)(=O)=O)CC[C@@H]3NC(=O)c3cc4cc(Cl)ccc4[nH]3)sc2C1.Cl. The van der Waals surface area contributed by atoms with Crippen LogP contribution in [0.3, 0.4) is 0 Å². The maximum Gasteiger partial charge on any atom is 0.280 e. The predicted molar refractivity (Wildman–Crippen MR) is 146 cm³/mol. The average Bonchev–Trinajstić information content (AvgIpc) is 3.43. The zero-order valence-corrected chi connectivity index (χ0v) is 23.5. The lowest BCUT2D eigenvalue weighted by molar-refractivity contribution is 0.0847. The first kappa shape index (κ1) is 27.8. The molecular weight excluding hydrogens is 559 g/mol. The molecule has 2 aliphatic heterocycles. The number of carbonyl (C=O) groups is 2. The Morgan fingerprint density at radius 2 is 1.92 bits per heavy atom. The van der Waals surface area contributed by atoms with Crippen molar-refractivity contribution in [2.45, 2.75) is 31.5 Å². The first-order valence-electron chi connectivity index (χ1n) is 11.6. The number of fused-ring (bicyclic) bond motifs is 2. The Hall–Kier alpha value is -2.22. The molecule has 0 bridgehead atoms. The van der Waals surface area contributed by atoms with E-state index in [1.54, 1.807) is 24.3 Å². The number of aromatic nitrogens is 2. The highest BCUT2D eigenvalue weighted by Gasteiger charge is 2.36. The van der Waals surface area contributed by atoms with Crippen molar-refractivity contribution in [3.05, 3.63) is 50.6 Å². The maximum atomic E-state index is 13.1. The van der Waals surface area contributed by atoms with E-state index in [2.05, 4.69) is 25.5 Å². The van der Waals surface area contributed by atoms with Crippen LogP contribution in [0.2, 0.25) is 5.02 Å². The van der Waals surface area contributed by atoms with Crippen molar-refractivity contribution in [3.63, 3.8) is 0 Å². The molecule has 3 aromatic rings. The first-order valence-corrected chi connectivity index (χ1v) is 14.6. The van der Waals surface area contributed by atoms with Crippen molar-refractivity contribution in [2.75, 3.05) is 32.9 Å². The van der Waals surface area contributed by atoms with Crippen LogP contribution < -0.4 is 10.6 Å². The molecule has 0 radical (unpaired) electrons. The lowest BCUT2D eigenvalue weighted by Crippen LogP contribution is -2.61. The van der Waals surface area contributed by atoms with Crippen molar-refractivity contribution in [1.82, 2.24) is 29.8 Å². The van der Waals surface area contributed by atoms with Gasteiger partial charge in [0, 0.05) is 53.4 Å². The smallest absolute Gasteiger partial charge is 0.280 e. The number of rotatable bonds is 5. The largest absolute Gasteiger partial charge is 0.351 e. The quantitative estimate of drug-likeness (QED) is 0.421. The maximum absolute atomic E-state index is 13.1. The minimum absolute atomic E-state index is 0. The van der Waals surface area contributed by atoms with Crippen LogP contribution in [0.4, 0.5) is 0 Å². The third kappa shape index (κ3) is 6.10. The number of nitrogens with zero attached hydrogens (tertiary/aromatic N) is 3. The lowest BCUT2D eigenvalue weighted by Gasteiger charge is -2.37. The number of sulfonamides is 1. The van der Waals surface area contributed by atoms with Gasteiger partial charge >= 0.3 is 0 Å². The minimum Gasteiger partial charge on any atom is -0.351 e. The van der Waals surface area contributed by atoms with Gasteiger partial charge in [-0.25, -0.2) is 13.4 Å². The zero-order chi connectivity index (χ0) is 25.6. The third-order valence-electron chi connectivity index (χ3n) is 6.62. The molecule has 0 saturated carbocycles. The van der Waals surface area contributed by atoms with E-state index in [1.165, 1.54) is 15.6 Å². The number of benzene rings is 1. The van der Waals surface area contributed by atoms with Gasteiger partial charge in [-0.1, -0.05) is 11.6 Å². The van der Waals surface area contributed by atoms with Crippen LogP contribution in [0, 0.1) is 0 Å². The third-order valence-corrected chi connectivity index (χ3v) is 9.21. The average molecular weight is 588 g/mol. The van der Waals surface area contributed by atoms with Crippen molar-refractivity contribution >= 4 is 68.1 Å². The van der Waals surface area contributed by atoms with Crippen LogP contribution in [0.25, 0.3) is 10.9 Å². The summed E-state index contributed by atoms with van der Waals surface area (Å²) in [6.45, 7) is 1.94. The molecule has 2 aromatic heterocycles. The molecule has 1 fully saturated rings. The molecule has 0 spiro atoms. The van der Waals surface area contributed by atoms with Crippen LogP contribution >= 0.6 is 35.3 Å². The second-order valence-corrected chi connectivity index (χ2v) is 12.9. The minimum atomic E-state index is -3.46. The predicted octanol–water partition coefficient (Wildman–Crippen LogP) is 2.25. The van der Waals surface area contributed by atoms with E-state index in [4.69, 9.17) is 11.6 Å². The van der Waals surface area contributed by atoms with Gasteiger partial charge in [0.25, 0.3) is 11.8 Å². The Balaban J connectivity index is 0.00000320. The Kier molecular flexibility index (Phi) is 8.17. The second-order valence-electron chi connectivity index (χ2n) is 9.36. The Labute approximate surface area is 230 Å². The molecule has 2 atom stereocenters. The molecule has 37 heavy (non-hydrogen) atoms. The number of likely N-dealkylation sites (N-methyl/N-ethyl adjacent to an activating group) is 1. The molecular formula is C23H28Cl2N6O4S2. The van der Waals surface area contributed by atoms with Crippen molar-refractivity contribution in [2.24, 2.45) is 0 Å². The van der Waals surface area contributed by atoms with Crippen LogP contribution in [0.1, 0.15) is 37.3 Å². The van der Waals surface area contributed by atoms with Gasteiger partial charge in [-0.2, -0.15) is 4.31 Å². The van der Waals surface area contributed by atoms with Crippen LogP contribution in [-0.2, 0) is 23.0 Å². The molecule has 10 nitrogen and oxygen atoms in total. The van der Waals surface area contributed by atoms with Gasteiger partial charge in [0.1, 0.15) is 5.69 Å². The number of H-pyrrole nitrogens is 1. The van der Waals surface area contributed by atoms with Gasteiger partial charge < -0.3 is 20.5 Å². The van der Waals surface area contributed by atoms with Gasteiger partial charge in [0.15, 0.2) is 5.01 Å². The summed E-state index contributed by atoms with van der Waals surface area (Å²) in [5.41, 5.74) is 2.08. The Bertz CT molecular complexity index is 1440. The summed E-state index contributed by atoms with van der Waals surface area (Å²) in [6, 6.07) is 5.94. The van der Waals surface area contributed by atoms with Crippen molar-refractivity contribution in [3.8, 4) is 0 Å². The summed E-state index contributed by atoms with van der Waals surface area (Å²) in [5.74, 6) is -0.705. The van der Waals surface area contributed by atoms with Gasteiger partial charge in [0.05, 0.1) is 24.0 Å². The summed E-state index contributed by atoms with van der Waals surface area (Å²) >= 11 is 7.41. The van der Waals surface area contributed by atoms with Crippen LogP contribution in [0.5, 0.6) is 0 Å². The van der Waals surface area contributed by atoms with E-state index in [9.17, 15) is 18.0 Å². The van der Waals surface area contributed by atoms with Gasteiger partial charge in [0.2, 0.25) is 10.0 Å². The van der Waals surface area contributed by atoms with E-state index in [1.807, 2.05) is 7.05 Å². The van der Waals surface area contributed by atoms with Crippen molar-refractivity contribution < 1.29 is 18.0 Å². The molecule has 14 heteroatoms. The fourth-order valence-electron chi connectivity index (χ4n) is 4.66. The number of amides is 2. The number of halogens is 2. The summed E-state index contributed by atoms with van der Waals surface area (Å²) in [7, 11) is -1.43. The molecule has 1 aromatic carbocycles. The summed E-state index contributed by atoms with van der Waals surface area (Å²) < 4.78 is 25.8. The molecule has 2 aliphatic rings. The van der Waals surface area contributed by atoms with E-state index in [0.29, 0.717) is 22.1 Å². The number of piperidine rings is 1. The Morgan fingerprint density at radius 3 is 2.68 bits per heavy atom. The molecule has 2 amide bonds. The number of aromatic amines is 1. The van der Waals surface area contributed by atoms with E-state index < -0.39 is 22.1 Å². The van der Waals surface area contributed by atoms with Gasteiger partial charge in [-0.3, -0.25) is 9.59 Å². The number of hydrogen-bond acceptors (Lipinski definition) is 7. The molecule has 5 rings (SSSR count). The van der Waals surface area contributed by atoms with E-state index >= 15 is 0 Å². The summed E-state index contributed by atoms with van der Waals surface area (Å²) in [5, 5.41) is 7.66. The standard InChI is InChI=1S/C23H27ClN6O4S2.ClH/c1-29-7-5-17-20(12-29)35-23(28-17)22(32)27-19-11-30(36(2,33)34)8-6-16(19)26-21(31)18-10-13-9-14(24)3-4-15(13)25-18;/h3-4,9-10,16,19,25H,5-8,11-12H2,1-2H3,(H,26,31)(H,27,32);1H/t16-,19+;/m0./s1. The highest BCUT2D eigenvalue weighted by molar-refractivity contribution is 7.88. The fourth-order valence-corrected chi connectivity index (χ4v) is 6.81. The number of thiazole rings is 1. The second kappa shape index (κ2) is 10.9. The fraction of sp³-hybridized carbons (Fsp3) is 0.435. The summed E-state index contributed by atoms with van der Waals surface area (Å²) in [4.78, 5) is 37.1. The molecule has 3 N–H and O–H groups in total. The summed E-state index contributed by atoms with van der Waals surface area (Å²) in [6.07, 6.45) is 2.29. The van der Waals surface area contributed by atoms with E-state index in [0.717, 1.165) is 47.2 Å². The lowest BCUT2D eigenvalue weighted by atomic mass is 10.0. The number of carbonyl (C=O) groups excluding carboxylic acids is 2. The molecule has 0 unspecified atom stereocenters. The molecule has 0 aliphatic carbocycles. The molecule has 4 heterocycles. The highest BCUT2D eigenvalue weighted by atomic mass is 35.5. The van der Waals surface area contributed by atoms with Crippen molar-refractivity contribution in [1.29, 1.82) is 0 Å².